The van der Waals surface area contributed by atoms with Crippen LogP contribution in [0.3, 0.4) is 0 Å². The SMILES string of the molecule is COc1cc2nc(C)nc(N[C@H](C)c3cccc(C(F)F)c3C)c2cc1OC[C@@H]1CCCN1C. The second-order valence-electron chi connectivity index (χ2n) is 8.96. The zero-order valence-electron chi connectivity index (χ0n) is 20.4. The fourth-order valence-electron chi connectivity index (χ4n) is 4.67. The second-order valence-corrected chi connectivity index (χ2v) is 8.96. The zero-order chi connectivity index (χ0) is 24.4. The molecule has 1 aromatic heterocycles. The van der Waals surface area contributed by atoms with Crippen LogP contribution in [0, 0.1) is 13.8 Å². The first-order valence-electron chi connectivity index (χ1n) is 11.6. The molecular formula is C26H32F2N4O2. The lowest BCUT2D eigenvalue weighted by molar-refractivity contribution is 0.150. The Morgan fingerprint density at radius 3 is 2.59 bits per heavy atom. The summed E-state index contributed by atoms with van der Waals surface area (Å²) < 4.78 is 38.6. The van der Waals surface area contributed by atoms with E-state index in [4.69, 9.17) is 9.47 Å². The molecule has 3 aromatic rings. The van der Waals surface area contributed by atoms with Gasteiger partial charge in [-0.25, -0.2) is 18.7 Å². The summed E-state index contributed by atoms with van der Waals surface area (Å²) >= 11 is 0. The van der Waals surface area contributed by atoms with Crippen LogP contribution in [0.4, 0.5) is 14.6 Å². The normalized spacial score (nSPS) is 17.4. The topological polar surface area (TPSA) is 59.5 Å². The molecule has 0 spiro atoms. The zero-order valence-corrected chi connectivity index (χ0v) is 20.4. The number of halogens is 2. The van der Waals surface area contributed by atoms with Crippen LogP contribution in [0.1, 0.15) is 54.7 Å². The highest BCUT2D eigenvalue weighted by molar-refractivity contribution is 5.92. The van der Waals surface area contributed by atoms with Gasteiger partial charge in [0.2, 0.25) is 0 Å². The monoisotopic (exact) mass is 470 g/mol. The van der Waals surface area contributed by atoms with Crippen molar-refractivity contribution in [2.45, 2.75) is 52.1 Å². The van der Waals surface area contributed by atoms with E-state index in [-0.39, 0.29) is 11.6 Å². The summed E-state index contributed by atoms with van der Waals surface area (Å²) in [5, 5.41) is 4.21. The maximum atomic E-state index is 13.4. The maximum Gasteiger partial charge on any atom is 0.264 e. The minimum Gasteiger partial charge on any atom is -0.493 e. The molecule has 2 aromatic carbocycles. The Kier molecular flexibility index (Phi) is 7.16. The van der Waals surface area contributed by atoms with Crippen molar-refractivity contribution < 1.29 is 18.3 Å². The fourth-order valence-corrected chi connectivity index (χ4v) is 4.67. The minimum absolute atomic E-state index is 0.0483. The summed E-state index contributed by atoms with van der Waals surface area (Å²) in [6, 6.07) is 8.90. The molecule has 1 fully saturated rings. The van der Waals surface area contributed by atoms with Gasteiger partial charge in [-0.3, -0.25) is 0 Å². The van der Waals surface area contributed by atoms with E-state index in [1.807, 2.05) is 32.0 Å². The van der Waals surface area contributed by atoms with E-state index in [1.165, 1.54) is 12.5 Å². The summed E-state index contributed by atoms with van der Waals surface area (Å²) in [6.07, 6.45) is -0.235. The standard InChI is InChI=1S/C26H32F2N4O2/c1-15-19(9-6-10-20(15)25(27)28)16(2)29-26-21-12-24(34-14-18-8-7-11-32(18)4)23(33-5)13-22(21)30-17(3)31-26/h6,9-10,12-13,16,18,25H,7-8,11,14H2,1-5H3,(H,29,30,31)/t16-,18+/m1/s1. The molecule has 0 radical (unpaired) electrons. The lowest BCUT2D eigenvalue weighted by atomic mass is 9.97. The first-order chi connectivity index (χ1) is 16.3. The highest BCUT2D eigenvalue weighted by Gasteiger charge is 2.23. The van der Waals surface area contributed by atoms with Crippen molar-refractivity contribution in [3.63, 3.8) is 0 Å². The predicted molar refractivity (Wildman–Crippen MR) is 130 cm³/mol. The summed E-state index contributed by atoms with van der Waals surface area (Å²) in [7, 11) is 3.73. The second kappa shape index (κ2) is 10.1. The molecule has 1 N–H and O–H groups in total. The molecular weight excluding hydrogens is 438 g/mol. The number of aryl methyl sites for hydroxylation is 1. The number of methoxy groups -OCH3 is 1. The van der Waals surface area contributed by atoms with Crippen molar-refractivity contribution in [1.82, 2.24) is 14.9 Å². The Morgan fingerprint density at radius 2 is 1.91 bits per heavy atom. The number of hydrogen-bond acceptors (Lipinski definition) is 6. The van der Waals surface area contributed by atoms with E-state index < -0.39 is 6.43 Å². The van der Waals surface area contributed by atoms with Gasteiger partial charge in [-0.1, -0.05) is 18.2 Å². The van der Waals surface area contributed by atoms with Crippen LogP contribution in [0.2, 0.25) is 0 Å². The van der Waals surface area contributed by atoms with Gasteiger partial charge >= 0.3 is 0 Å². The van der Waals surface area contributed by atoms with Crippen molar-refractivity contribution in [3.8, 4) is 11.5 Å². The van der Waals surface area contributed by atoms with Gasteiger partial charge in [0.05, 0.1) is 18.7 Å². The number of likely N-dealkylation sites (tertiary alicyclic amines) is 1. The van der Waals surface area contributed by atoms with Gasteiger partial charge in [-0.05, 0) is 64.4 Å². The van der Waals surface area contributed by atoms with Crippen molar-refractivity contribution in [2.24, 2.45) is 0 Å². The van der Waals surface area contributed by atoms with Crippen molar-refractivity contribution in [3.05, 3.63) is 52.8 Å². The molecule has 1 aliphatic rings. The molecule has 2 atom stereocenters. The van der Waals surface area contributed by atoms with Crippen molar-refractivity contribution >= 4 is 16.7 Å². The number of nitrogens with one attached hydrogen (secondary N) is 1. The van der Waals surface area contributed by atoms with E-state index >= 15 is 0 Å². The molecule has 4 rings (SSSR count). The van der Waals surface area contributed by atoms with Gasteiger partial charge < -0.3 is 19.7 Å². The first-order valence-corrected chi connectivity index (χ1v) is 11.6. The van der Waals surface area contributed by atoms with Gasteiger partial charge in [-0.2, -0.15) is 0 Å². The average molecular weight is 471 g/mol. The van der Waals surface area contributed by atoms with E-state index in [9.17, 15) is 8.78 Å². The smallest absolute Gasteiger partial charge is 0.264 e. The summed E-state index contributed by atoms with van der Waals surface area (Å²) in [5.41, 5.74) is 2.16. The number of fused-ring (bicyclic) bond motifs is 1. The lowest BCUT2D eigenvalue weighted by Crippen LogP contribution is -2.30. The number of benzene rings is 2. The molecule has 0 bridgehead atoms. The molecule has 182 valence electrons. The highest BCUT2D eigenvalue weighted by Crippen LogP contribution is 2.36. The average Bonchev–Trinajstić information content (AvgIpc) is 3.21. The molecule has 8 heteroatoms. The Bertz CT molecular complexity index is 1170. The molecule has 34 heavy (non-hydrogen) atoms. The first kappa shape index (κ1) is 24.1. The molecule has 0 aliphatic carbocycles. The summed E-state index contributed by atoms with van der Waals surface area (Å²) in [4.78, 5) is 11.5. The van der Waals surface area contributed by atoms with Crippen LogP contribution < -0.4 is 14.8 Å². The number of anilines is 1. The Hall–Kier alpha value is -3.00. The van der Waals surface area contributed by atoms with Crippen molar-refractivity contribution in [1.29, 1.82) is 0 Å². The number of alkyl halides is 2. The van der Waals surface area contributed by atoms with Crippen LogP contribution in [-0.4, -0.2) is 48.2 Å². The quantitative estimate of drug-likeness (QED) is 0.446. The number of nitrogens with zero attached hydrogens (tertiary/aromatic N) is 3. The Balaban J connectivity index is 1.67. The molecule has 2 heterocycles. The summed E-state index contributed by atoms with van der Waals surface area (Å²) in [5.74, 6) is 2.48. The van der Waals surface area contributed by atoms with Gasteiger partial charge in [0.25, 0.3) is 6.43 Å². The van der Waals surface area contributed by atoms with E-state index in [2.05, 4.69) is 27.2 Å². The van der Waals surface area contributed by atoms with Gasteiger partial charge in [0.1, 0.15) is 18.2 Å². The lowest BCUT2D eigenvalue weighted by Gasteiger charge is -2.22. The van der Waals surface area contributed by atoms with E-state index in [0.717, 1.165) is 29.4 Å². The van der Waals surface area contributed by atoms with Crippen LogP contribution in [-0.2, 0) is 0 Å². The number of aromatic nitrogens is 2. The Labute approximate surface area is 199 Å². The van der Waals surface area contributed by atoms with Crippen molar-refractivity contribution in [2.75, 3.05) is 32.6 Å². The largest absolute Gasteiger partial charge is 0.493 e. The Morgan fingerprint density at radius 1 is 1.15 bits per heavy atom. The maximum absolute atomic E-state index is 13.4. The molecule has 6 nitrogen and oxygen atoms in total. The van der Waals surface area contributed by atoms with Gasteiger partial charge in [-0.15, -0.1) is 0 Å². The number of rotatable bonds is 8. The molecule has 1 aliphatic heterocycles. The van der Waals surface area contributed by atoms with E-state index in [0.29, 0.717) is 41.4 Å². The molecule has 1 saturated heterocycles. The predicted octanol–water partition coefficient (Wildman–Crippen LogP) is 5.84. The third-order valence-corrected chi connectivity index (χ3v) is 6.67. The fraction of sp³-hybridized carbons (Fsp3) is 0.462. The third-order valence-electron chi connectivity index (χ3n) is 6.67. The number of hydrogen-bond donors (Lipinski definition) is 1. The summed E-state index contributed by atoms with van der Waals surface area (Å²) in [6.45, 7) is 7.15. The molecule has 0 unspecified atom stereocenters. The van der Waals surface area contributed by atoms with E-state index in [1.54, 1.807) is 20.1 Å². The highest BCUT2D eigenvalue weighted by atomic mass is 19.3. The van der Waals surface area contributed by atoms with Crippen LogP contribution in [0.25, 0.3) is 10.9 Å². The minimum atomic E-state index is -2.51. The third kappa shape index (κ3) is 4.92. The number of ether oxygens (including phenoxy) is 2. The molecule has 0 saturated carbocycles. The van der Waals surface area contributed by atoms with Gasteiger partial charge in [0.15, 0.2) is 11.5 Å². The number of likely N-dealkylation sites (N-methyl/N-ethyl adjacent to an activating group) is 1. The van der Waals surface area contributed by atoms with Gasteiger partial charge in [0, 0.05) is 23.1 Å². The van der Waals surface area contributed by atoms with Crippen LogP contribution in [0.15, 0.2) is 30.3 Å². The van der Waals surface area contributed by atoms with Crippen LogP contribution in [0.5, 0.6) is 11.5 Å². The molecule has 0 amide bonds. The van der Waals surface area contributed by atoms with Crippen LogP contribution >= 0.6 is 0 Å².